The van der Waals surface area contributed by atoms with Crippen molar-refractivity contribution in [1.82, 2.24) is 14.8 Å². The Morgan fingerprint density at radius 3 is 2.41 bits per heavy atom. The number of ketones is 1. The molecule has 54 heavy (non-hydrogen) atoms. The lowest BCUT2D eigenvalue weighted by Gasteiger charge is -2.59. The first kappa shape index (κ1) is 39.1. The van der Waals surface area contributed by atoms with Gasteiger partial charge in [0.05, 0.1) is 37.1 Å². The van der Waals surface area contributed by atoms with Crippen molar-refractivity contribution < 1.29 is 33.6 Å². The lowest BCUT2D eigenvalue weighted by atomic mass is 9.54. The molecule has 4 heterocycles. The SMILES string of the molecule is COC(=O)/C(C)=C\CC1(O)C(=O)C(C)C2C3=C(Nc4ncn2n4)c2c(OC)c4c(c(CC=C(C)C)c2OC31C(C)C(C)C)OC(C)(CCC=C(C)C)C=C4. The molecule has 3 aliphatic heterocycles. The summed E-state index contributed by atoms with van der Waals surface area (Å²) >= 11 is 0. The van der Waals surface area contributed by atoms with Crippen molar-refractivity contribution in [2.75, 3.05) is 19.5 Å². The largest absolute Gasteiger partial charge is 0.495 e. The van der Waals surface area contributed by atoms with Crippen LogP contribution in [-0.2, 0) is 20.7 Å². The Bertz CT molecular complexity index is 2030. The van der Waals surface area contributed by atoms with Gasteiger partial charge in [-0.3, -0.25) is 4.79 Å². The van der Waals surface area contributed by atoms with Gasteiger partial charge < -0.3 is 29.4 Å². The summed E-state index contributed by atoms with van der Waals surface area (Å²) in [6.45, 7) is 19.9. The van der Waals surface area contributed by atoms with Crippen molar-refractivity contribution in [2.45, 2.75) is 118 Å². The molecular formula is C43H56N4O7. The zero-order valence-electron chi connectivity index (χ0n) is 33.8. The predicted octanol–water partition coefficient (Wildman–Crippen LogP) is 7.97. The number of Topliss-reactive ketones (excluding diaryl/α,β-unsaturated/α-hetero) is 1. The summed E-state index contributed by atoms with van der Waals surface area (Å²) in [4.78, 5) is 32.3. The summed E-state index contributed by atoms with van der Waals surface area (Å²) in [6, 6.07) is -0.656. The molecular weight excluding hydrogens is 684 g/mol. The maximum atomic E-state index is 15.1. The minimum absolute atomic E-state index is 0.0774. The molecule has 0 saturated heterocycles. The number of hydrogen-bond donors (Lipinski definition) is 2. The van der Waals surface area contributed by atoms with Crippen LogP contribution in [0.4, 0.5) is 5.95 Å². The summed E-state index contributed by atoms with van der Waals surface area (Å²) in [5.41, 5.74) is 1.72. The minimum atomic E-state index is -2.13. The second-order valence-electron chi connectivity index (χ2n) is 16.4. The Morgan fingerprint density at radius 2 is 1.78 bits per heavy atom. The Morgan fingerprint density at radius 1 is 1.07 bits per heavy atom. The first-order chi connectivity index (χ1) is 25.4. The second kappa shape index (κ2) is 14.2. The van der Waals surface area contributed by atoms with Crippen molar-refractivity contribution >= 4 is 29.5 Å². The van der Waals surface area contributed by atoms with E-state index < -0.39 is 46.4 Å². The van der Waals surface area contributed by atoms with Crippen LogP contribution in [0.2, 0.25) is 0 Å². The molecule has 1 aliphatic carbocycles. The van der Waals surface area contributed by atoms with E-state index in [0.717, 1.165) is 29.5 Å². The van der Waals surface area contributed by atoms with Gasteiger partial charge >= 0.3 is 5.97 Å². The van der Waals surface area contributed by atoms with Crippen LogP contribution < -0.4 is 19.5 Å². The fraction of sp³-hybridized carbons (Fsp3) is 0.535. The number of allylic oxidation sites excluding steroid dienone is 4. The maximum absolute atomic E-state index is 15.1. The number of methoxy groups -OCH3 is 2. The molecule has 6 atom stereocenters. The van der Waals surface area contributed by atoms with Gasteiger partial charge in [-0.2, -0.15) is 0 Å². The number of ether oxygens (including phenoxy) is 4. The minimum Gasteiger partial charge on any atom is -0.495 e. The van der Waals surface area contributed by atoms with E-state index in [9.17, 15) is 9.90 Å². The fourth-order valence-corrected chi connectivity index (χ4v) is 8.59. The molecule has 11 heteroatoms. The average Bonchev–Trinajstić information content (AvgIpc) is 3.51. The first-order valence-corrected chi connectivity index (χ1v) is 19.0. The van der Waals surface area contributed by atoms with Crippen LogP contribution in [0, 0.1) is 17.8 Å². The number of esters is 1. The number of carbonyl (C=O) groups excluding carboxylic acids is 2. The van der Waals surface area contributed by atoms with E-state index in [0.29, 0.717) is 46.5 Å². The van der Waals surface area contributed by atoms with Gasteiger partial charge in [-0.15, -0.1) is 5.10 Å². The predicted molar refractivity (Wildman–Crippen MR) is 209 cm³/mol. The van der Waals surface area contributed by atoms with Crippen LogP contribution in [0.25, 0.3) is 11.8 Å². The molecule has 0 amide bonds. The number of rotatable bonds is 11. The molecule has 2 bridgehead atoms. The summed E-state index contributed by atoms with van der Waals surface area (Å²) in [5, 5.41) is 21.7. The Hall–Kier alpha value is -4.64. The molecule has 4 aliphatic rings. The number of aliphatic hydroxyl groups is 1. The standard InChI is InChI=1S/C43H56N4O7/c1-23(2)14-13-19-41(10)20-18-30-35(53-41)29(16-15-24(3)4)37-31(36(30)51-11)33-32-34(47-22-44-40(45-33)46-47)27(8)38(48)42(50,21-17-26(7)39(49)52-12)43(32,54-37)28(9)25(5)6/h14-15,17-18,20,22,25,27-28,34,50H,13,16,19,21H2,1-12H3,(H,45,46)/b26-17-. The average molecular weight is 741 g/mol. The van der Waals surface area contributed by atoms with Crippen molar-refractivity contribution in [2.24, 2.45) is 17.8 Å². The molecule has 1 saturated carbocycles. The van der Waals surface area contributed by atoms with Crippen molar-refractivity contribution in [1.29, 1.82) is 0 Å². The van der Waals surface area contributed by atoms with Gasteiger partial charge in [0.25, 0.3) is 0 Å². The zero-order chi connectivity index (χ0) is 39.5. The molecule has 11 nitrogen and oxygen atoms in total. The molecule has 2 N–H and O–H groups in total. The fourth-order valence-electron chi connectivity index (χ4n) is 8.59. The van der Waals surface area contributed by atoms with E-state index in [1.165, 1.54) is 12.7 Å². The van der Waals surface area contributed by atoms with Crippen LogP contribution in [0.15, 0.2) is 52.9 Å². The number of carbonyl (C=O) groups is 2. The highest BCUT2D eigenvalue weighted by Gasteiger charge is 2.71. The third-order valence-corrected chi connectivity index (χ3v) is 11.8. The first-order valence-electron chi connectivity index (χ1n) is 19.0. The van der Waals surface area contributed by atoms with E-state index in [1.807, 2.05) is 27.7 Å². The van der Waals surface area contributed by atoms with E-state index in [4.69, 9.17) is 24.0 Å². The van der Waals surface area contributed by atoms with Gasteiger partial charge in [0.15, 0.2) is 17.0 Å². The van der Waals surface area contributed by atoms with Gasteiger partial charge in [-0.05, 0) is 78.9 Å². The molecule has 1 aromatic heterocycles. The second-order valence-corrected chi connectivity index (χ2v) is 16.4. The van der Waals surface area contributed by atoms with Gasteiger partial charge in [-0.1, -0.05) is 57.1 Å². The van der Waals surface area contributed by atoms with Gasteiger partial charge in [0.2, 0.25) is 5.95 Å². The number of anilines is 1. The summed E-state index contributed by atoms with van der Waals surface area (Å²) in [7, 11) is 2.94. The lowest BCUT2D eigenvalue weighted by Crippen LogP contribution is -2.73. The highest BCUT2D eigenvalue weighted by atomic mass is 16.5. The normalized spacial score (nSPS) is 27.0. The molecule has 1 aromatic carbocycles. The highest BCUT2D eigenvalue weighted by Crippen LogP contribution is 2.64. The molecule has 2 aromatic rings. The number of aromatic nitrogens is 3. The molecule has 1 fully saturated rings. The van der Waals surface area contributed by atoms with Crippen LogP contribution in [0.3, 0.4) is 0 Å². The molecule has 290 valence electrons. The highest BCUT2D eigenvalue weighted by molar-refractivity contribution is 6.00. The summed E-state index contributed by atoms with van der Waals surface area (Å²) in [5.74, 6) is -0.263. The van der Waals surface area contributed by atoms with Gasteiger partial charge in [0, 0.05) is 35.0 Å². The van der Waals surface area contributed by atoms with Gasteiger partial charge in [-0.25, -0.2) is 14.5 Å². The maximum Gasteiger partial charge on any atom is 0.333 e. The van der Waals surface area contributed by atoms with E-state index >= 15 is 4.79 Å². The number of hydrogen-bond acceptors (Lipinski definition) is 10. The number of nitrogens with zero attached hydrogens (tertiary/aromatic N) is 3. The Balaban J connectivity index is 1.74. The van der Waals surface area contributed by atoms with E-state index in [-0.39, 0.29) is 17.9 Å². The zero-order valence-corrected chi connectivity index (χ0v) is 33.8. The number of fused-ring (bicyclic) bond motifs is 6. The molecule has 6 unspecified atom stereocenters. The van der Waals surface area contributed by atoms with E-state index in [1.54, 1.807) is 31.1 Å². The van der Waals surface area contributed by atoms with Gasteiger partial charge in [0.1, 0.15) is 29.2 Å². The number of nitrogens with one attached hydrogen (secondary N) is 1. The van der Waals surface area contributed by atoms with Crippen LogP contribution >= 0.6 is 0 Å². The smallest absolute Gasteiger partial charge is 0.333 e. The molecule has 6 rings (SSSR count). The monoisotopic (exact) mass is 740 g/mol. The third kappa shape index (κ3) is 6.08. The van der Waals surface area contributed by atoms with Crippen molar-refractivity contribution in [3.05, 3.63) is 69.6 Å². The van der Waals surface area contributed by atoms with Crippen LogP contribution in [0.1, 0.15) is 111 Å². The third-order valence-electron chi connectivity index (χ3n) is 11.8. The molecule has 0 spiro atoms. The lowest BCUT2D eigenvalue weighted by molar-refractivity contribution is -0.187. The van der Waals surface area contributed by atoms with Crippen molar-refractivity contribution in [3.8, 4) is 17.2 Å². The number of benzene rings is 1. The topological polar surface area (TPSA) is 134 Å². The van der Waals surface area contributed by atoms with Crippen molar-refractivity contribution in [3.63, 3.8) is 0 Å². The molecule has 0 radical (unpaired) electrons. The summed E-state index contributed by atoms with van der Waals surface area (Å²) < 4.78 is 27.7. The van der Waals surface area contributed by atoms with Crippen LogP contribution in [-0.4, -0.2) is 62.6 Å². The van der Waals surface area contributed by atoms with E-state index in [2.05, 4.69) is 69.2 Å². The quantitative estimate of drug-likeness (QED) is 0.133. The Kier molecular flexibility index (Phi) is 10.3. The van der Waals surface area contributed by atoms with Crippen LogP contribution in [0.5, 0.6) is 17.2 Å². The Labute approximate surface area is 319 Å². The summed E-state index contributed by atoms with van der Waals surface area (Å²) in [6.07, 6.45) is 13.6.